The highest BCUT2D eigenvalue weighted by Gasteiger charge is 2.40. The van der Waals surface area contributed by atoms with Crippen molar-refractivity contribution in [3.63, 3.8) is 0 Å². The molecule has 0 aliphatic carbocycles. The number of likely N-dealkylation sites (tertiary alicyclic amines) is 1. The Bertz CT molecular complexity index is 921. The van der Waals surface area contributed by atoms with Crippen LogP contribution in [0.2, 0.25) is 0 Å². The number of amides is 3. The van der Waals surface area contributed by atoms with Crippen molar-refractivity contribution in [2.24, 2.45) is 0 Å². The summed E-state index contributed by atoms with van der Waals surface area (Å²) in [4.78, 5) is 41.8. The third-order valence-electron chi connectivity index (χ3n) is 5.67. The Morgan fingerprint density at radius 2 is 1.90 bits per heavy atom. The number of imide groups is 1. The zero-order chi connectivity index (χ0) is 21.8. The SMILES string of the molecule is CCCOc1ccc(N2C(=O)C[C@H](NC3CCN(C(=O)c4cccs4)CC3)C2=O)cc1. The molecule has 2 aromatic rings. The van der Waals surface area contributed by atoms with Gasteiger partial charge in [0.15, 0.2) is 0 Å². The minimum Gasteiger partial charge on any atom is -0.494 e. The van der Waals surface area contributed by atoms with E-state index in [1.54, 1.807) is 24.3 Å². The molecule has 1 aromatic heterocycles. The highest BCUT2D eigenvalue weighted by Crippen LogP contribution is 2.26. The van der Waals surface area contributed by atoms with E-state index in [1.165, 1.54) is 16.2 Å². The number of nitrogens with one attached hydrogen (secondary N) is 1. The molecule has 4 rings (SSSR count). The first kappa shape index (κ1) is 21.5. The number of hydrogen-bond donors (Lipinski definition) is 1. The van der Waals surface area contributed by atoms with Crippen molar-refractivity contribution in [1.82, 2.24) is 10.2 Å². The first-order chi connectivity index (χ1) is 15.1. The van der Waals surface area contributed by atoms with Gasteiger partial charge in [0.05, 0.1) is 29.6 Å². The molecule has 1 N–H and O–H groups in total. The van der Waals surface area contributed by atoms with Crippen LogP contribution in [0.5, 0.6) is 5.75 Å². The van der Waals surface area contributed by atoms with Crippen LogP contribution in [0.4, 0.5) is 5.69 Å². The van der Waals surface area contributed by atoms with Gasteiger partial charge in [0, 0.05) is 19.1 Å². The second-order valence-corrected chi connectivity index (χ2v) is 8.82. The van der Waals surface area contributed by atoms with E-state index in [4.69, 9.17) is 4.74 Å². The van der Waals surface area contributed by atoms with Crippen molar-refractivity contribution >= 4 is 34.7 Å². The van der Waals surface area contributed by atoms with Gasteiger partial charge in [0.1, 0.15) is 5.75 Å². The van der Waals surface area contributed by atoms with Gasteiger partial charge in [-0.15, -0.1) is 11.3 Å². The molecule has 0 bridgehead atoms. The number of piperidine rings is 1. The lowest BCUT2D eigenvalue weighted by molar-refractivity contribution is -0.121. The second-order valence-electron chi connectivity index (χ2n) is 7.88. The zero-order valence-electron chi connectivity index (χ0n) is 17.6. The number of benzene rings is 1. The maximum atomic E-state index is 12.9. The summed E-state index contributed by atoms with van der Waals surface area (Å²) in [5.41, 5.74) is 0.569. The van der Waals surface area contributed by atoms with Crippen molar-refractivity contribution in [2.75, 3.05) is 24.6 Å². The maximum Gasteiger partial charge on any atom is 0.263 e. The van der Waals surface area contributed by atoms with Gasteiger partial charge < -0.3 is 15.0 Å². The molecule has 7 nitrogen and oxygen atoms in total. The van der Waals surface area contributed by atoms with E-state index in [9.17, 15) is 14.4 Å². The van der Waals surface area contributed by atoms with Crippen molar-refractivity contribution in [3.05, 3.63) is 46.7 Å². The van der Waals surface area contributed by atoms with Crippen LogP contribution in [-0.4, -0.2) is 54.4 Å². The molecule has 164 valence electrons. The number of rotatable bonds is 7. The Morgan fingerprint density at radius 3 is 2.55 bits per heavy atom. The summed E-state index contributed by atoms with van der Waals surface area (Å²) in [6, 6.07) is 10.4. The third-order valence-corrected chi connectivity index (χ3v) is 6.52. The molecule has 3 heterocycles. The molecule has 3 amide bonds. The molecule has 2 aliphatic rings. The monoisotopic (exact) mass is 441 g/mol. The normalized spacial score (nSPS) is 19.8. The minimum atomic E-state index is -0.520. The van der Waals surface area contributed by atoms with Crippen LogP contribution in [0.1, 0.15) is 42.3 Å². The first-order valence-corrected chi connectivity index (χ1v) is 11.6. The molecule has 2 aliphatic heterocycles. The third kappa shape index (κ3) is 4.80. The molecule has 2 fully saturated rings. The summed E-state index contributed by atoms with van der Waals surface area (Å²) in [5.74, 6) is 0.376. The van der Waals surface area contributed by atoms with Gasteiger partial charge in [-0.2, -0.15) is 0 Å². The van der Waals surface area contributed by atoms with Crippen LogP contribution in [0, 0.1) is 0 Å². The standard InChI is InChI=1S/C23H27N3O4S/c1-2-13-30-18-7-5-17(6-8-18)26-21(27)15-19(22(26)28)24-16-9-11-25(12-10-16)23(29)20-4-3-14-31-20/h3-8,14,16,19,24H,2,9-13,15H2,1H3/t19-/m0/s1. The highest BCUT2D eigenvalue weighted by atomic mass is 32.1. The second kappa shape index (κ2) is 9.62. The summed E-state index contributed by atoms with van der Waals surface area (Å²) in [7, 11) is 0. The van der Waals surface area contributed by atoms with E-state index in [0.29, 0.717) is 25.4 Å². The van der Waals surface area contributed by atoms with E-state index in [2.05, 4.69) is 5.32 Å². The summed E-state index contributed by atoms with van der Waals surface area (Å²) in [5, 5.41) is 5.26. The summed E-state index contributed by atoms with van der Waals surface area (Å²) in [6.45, 7) is 3.96. The lowest BCUT2D eigenvalue weighted by Crippen LogP contribution is -2.49. The lowest BCUT2D eigenvalue weighted by Gasteiger charge is -2.33. The van der Waals surface area contributed by atoms with Crippen LogP contribution in [0.25, 0.3) is 0 Å². The maximum absolute atomic E-state index is 12.9. The molecule has 31 heavy (non-hydrogen) atoms. The van der Waals surface area contributed by atoms with Gasteiger partial charge in [-0.25, -0.2) is 4.90 Å². The van der Waals surface area contributed by atoms with Crippen molar-refractivity contribution in [3.8, 4) is 5.75 Å². The smallest absolute Gasteiger partial charge is 0.263 e. The number of carbonyl (C=O) groups excluding carboxylic acids is 3. The van der Waals surface area contributed by atoms with Crippen LogP contribution in [0.15, 0.2) is 41.8 Å². The molecule has 0 spiro atoms. The number of ether oxygens (including phenoxy) is 1. The van der Waals surface area contributed by atoms with Gasteiger partial charge in [-0.1, -0.05) is 13.0 Å². The van der Waals surface area contributed by atoms with Gasteiger partial charge in [-0.05, 0) is 55.0 Å². The fourth-order valence-electron chi connectivity index (χ4n) is 4.03. The summed E-state index contributed by atoms with van der Waals surface area (Å²) >= 11 is 1.45. The van der Waals surface area contributed by atoms with E-state index in [-0.39, 0.29) is 30.2 Å². The molecule has 1 aromatic carbocycles. The number of hydrogen-bond acceptors (Lipinski definition) is 6. The van der Waals surface area contributed by atoms with Gasteiger partial charge in [0.25, 0.3) is 11.8 Å². The highest BCUT2D eigenvalue weighted by molar-refractivity contribution is 7.12. The van der Waals surface area contributed by atoms with Gasteiger partial charge in [-0.3, -0.25) is 14.4 Å². The Balaban J connectivity index is 1.32. The number of nitrogens with zero attached hydrogens (tertiary/aromatic N) is 2. The molecule has 0 radical (unpaired) electrons. The Labute approximate surface area is 186 Å². The fraction of sp³-hybridized carbons (Fsp3) is 0.435. The van der Waals surface area contributed by atoms with Crippen molar-refractivity contribution in [1.29, 1.82) is 0 Å². The first-order valence-electron chi connectivity index (χ1n) is 10.8. The Hall–Kier alpha value is -2.71. The predicted octanol–water partition coefficient (Wildman–Crippen LogP) is 3.06. The fourth-order valence-corrected chi connectivity index (χ4v) is 4.73. The van der Waals surface area contributed by atoms with Crippen LogP contribution in [0.3, 0.4) is 0 Å². The Morgan fingerprint density at radius 1 is 1.16 bits per heavy atom. The van der Waals surface area contributed by atoms with Gasteiger partial charge >= 0.3 is 0 Å². The molecular weight excluding hydrogens is 414 g/mol. The summed E-state index contributed by atoms with van der Waals surface area (Å²) in [6.07, 6.45) is 2.59. The molecule has 2 saturated heterocycles. The van der Waals surface area contributed by atoms with Crippen LogP contribution in [-0.2, 0) is 9.59 Å². The van der Waals surface area contributed by atoms with Crippen LogP contribution >= 0.6 is 11.3 Å². The molecular formula is C23H27N3O4S. The summed E-state index contributed by atoms with van der Waals surface area (Å²) < 4.78 is 5.57. The average Bonchev–Trinajstić information content (AvgIpc) is 3.41. The molecule has 1 atom stereocenters. The lowest BCUT2D eigenvalue weighted by atomic mass is 10.0. The van der Waals surface area contributed by atoms with E-state index >= 15 is 0 Å². The van der Waals surface area contributed by atoms with Crippen molar-refractivity contribution < 1.29 is 19.1 Å². The molecule has 0 unspecified atom stereocenters. The predicted molar refractivity (Wildman–Crippen MR) is 120 cm³/mol. The Kier molecular flexibility index (Phi) is 6.67. The largest absolute Gasteiger partial charge is 0.494 e. The zero-order valence-corrected chi connectivity index (χ0v) is 18.4. The number of anilines is 1. The molecule has 8 heteroatoms. The van der Waals surface area contributed by atoms with E-state index < -0.39 is 6.04 Å². The van der Waals surface area contributed by atoms with Crippen molar-refractivity contribution in [2.45, 2.75) is 44.7 Å². The average molecular weight is 442 g/mol. The number of carbonyl (C=O) groups is 3. The van der Waals surface area contributed by atoms with Gasteiger partial charge in [0.2, 0.25) is 5.91 Å². The number of thiophene rings is 1. The van der Waals surface area contributed by atoms with E-state index in [0.717, 1.165) is 29.9 Å². The topological polar surface area (TPSA) is 79.0 Å². The molecule has 0 saturated carbocycles. The minimum absolute atomic E-state index is 0.0677. The van der Waals surface area contributed by atoms with E-state index in [1.807, 2.05) is 29.3 Å². The van der Waals surface area contributed by atoms with Crippen LogP contribution < -0.4 is 15.0 Å². The quantitative estimate of drug-likeness (QED) is 0.668.